The molecule has 2 heterocycles. The predicted octanol–water partition coefficient (Wildman–Crippen LogP) is 2.66. The zero-order chi connectivity index (χ0) is 16.2. The van der Waals surface area contributed by atoms with E-state index >= 15 is 0 Å². The van der Waals surface area contributed by atoms with Crippen LogP contribution in [0.1, 0.15) is 28.3 Å². The molecular weight excluding hydrogens is 314 g/mol. The Morgan fingerprint density at radius 2 is 2.13 bits per heavy atom. The molecule has 6 nitrogen and oxygen atoms in total. The van der Waals surface area contributed by atoms with Crippen LogP contribution in [0.2, 0.25) is 0 Å². The third-order valence-corrected chi connectivity index (χ3v) is 4.40. The van der Waals surface area contributed by atoms with Crippen molar-refractivity contribution in [1.29, 1.82) is 0 Å². The maximum atomic E-state index is 12.1. The lowest BCUT2D eigenvalue weighted by molar-refractivity contribution is -0.124. The third-order valence-electron chi connectivity index (χ3n) is 3.35. The van der Waals surface area contributed by atoms with Gasteiger partial charge in [-0.3, -0.25) is 9.89 Å². The molecule has 0 fully saturated rings. The maximum absolute atomic E-state index is 12.1. The van der Waals surface area contributed by atoms with Gasteiger partial charge in [0.05, 0.1) is 11.6 Å². The van der Waals surface area contributed by atoms with Crippen LogP contribution >= 0.6 is 11.3 Å². The number of amides is 1. The van der Waals surface area contributed by atoms with Crippen LogP contribution in [0.5, 0.6) is 0 Å². The first-order valence-electron chi connectivity index (χ1n) is 7.08. The second kappa shape index (κ2) is 6.62. The van der Waals surface area contributed by atoms with Crippen molar-refractivity contribution >= 4 is 34.1 Å². The lowest BCUT2D eigenvalue weighted by Crippen LogP contribution is -2.30. The molecule has 1 aromatic carbocycles. The Balaban J connectivity index is 1.57. The standard InChI is InChI=1S/C16H15N3O3S/c1-10(13-7-4-8-23-13)17-14(20)9-22-16(21)15-11-5-2-3-6-12(11)18-19-15/h2-8,10H,9H2,1H3,(H,17,20)(H,18,19). The molecule has 2 aromatic heterocycles. The number of esters is 1. The molecule has 0 radical (unpaired) electrons. The molecule has 2 N–H and O–H groups in total. The van der Waals surface area contributed by atoms with Crippen molar-refractivity contribution in [3.8, 4) is 0 Å². The lowest BCUT2D eigenvalue weighted by Gasteiger charge is -2.12. The van der Waals surface area contributed by atoms with Crippen LogP contribution in [0.25, 0.3) is 10.9 Å². The summed E-state index contributed by atoms with van der Waals surface area (Å²) in [5.41, 5.74) is 0.926. The average molecular weight is 329 g/mol. The fourth-order valence-corrected chi connectivity index (χ4v) is 2.94. The van der Waals surface area contributed by atoms with Crippen molar-refractivity contribution in [3.63, 3.8) is 0 Å². The first-order chi connectivity index (χ1) is 11.1. The van der Waals surface area contributed by atoms with Gasteiger partial charge in [-0.1, -0.05) is 24.3 Å². The van der Waals surface area contributed by atoms with Crippen molar-refractivity contribution in [2.75, 3.05) is 6.61 Å². The summed E-state index contributed by atoms with van der Waals surface area (Å²) in [5, 5.41) is 12.1. The zero-order valence-electron chi connectivity index (χ0n) is 12.4. The van der Waals surface area contributed by atoms with E-state index < -0.39 is 5.97 Å². The van der Waals surface area contributed by atoms with Crippen molar-refractivity contribution in [2.24, 2.45) is 0 Å². The van der Waals surface area contributed by atoms with Crippen LogP contribution < -0.4 is 5.32 Å². The van der Waals surface area contributed by atoms with E-state index in [0.29, 0.717) is 5.39 Å². The van der Waals surface area contributed by atoms with Crippen LogP contribution in [0.4, 0.5) is 0 Å². The number of para-hydroxylation sites is 1. The fraction of sp³-hybridized carbons (Fsp3) is 0.188. The fourth-order valence-electron chi connectivity index (χ4n) is 2.21. The molecule has 0 bridgehead atoms. The molecule has 118 valence electrons. The molecule has 0 aliphatic carbocycles. The van der Waals surface area contributed by atoms with Gasteiger partial charge in [0.15, 0.2) is 12.3 Å². The van der Waals surface area contributed by atoms with Crippen LogP contribution in [-0.4, -0.2) is 28.7 Å². The molecule has 0 saturated heterocycles. The third kappa shape index (κ3) is 3.40. The number of nitrogens with one attached hydrogen (secondary N) is 2. The minimum Gasteiger partial charge on any atom is -0.451 e. The summed E-state index contributed by atoms with van der Waals surface area (Å²) < 4.78 is 5.04. The van der Waals surface area contributed by atoms with E-state index in [9.17, 15) is 9.59 Å². The number of hydrogen-bond donors (Lipinski definition) is 2. The highest BCUT2D eigenvalue weighted by atomic mass is 32.1. The molecular formula is C16H15N3O3S. The quantitative estimate of drug-likeness (QED) is 0.705. The number of H-pyrrole nitrogens is 1. The number of aromatic amines is 1. The average Bonchev–Trinajstić information content (AvgIpc) is 3.22. The summed E-state index contributed by atoms with van der Waals surface area (Å²) in [6.45, 7) is 1.54. The molecule has 7 heteroatoms. The topological polar surface area (TPSA) is 84.1 Å². The Morgan fingerprint density at radius 1 is 1.30 bits per heavy atom. The number of rotatable bonds is 5. The number of hydrogen-bond acceptors (Lipinski definition) is 5. The van der Waals surface area contributed by atoms with Crippen molar-refractivity contribution < 1.29 is 14.3 Å². The number of thiophene rings is 1. The van der Waals surface area contributed by atoms with Gasteiger partial charge >= 0.3 is 5.97 Å². The minimum atomic E-state index is -0.624. The Kier molecular flexibility index (Phi) is 4.38. The molecule has 1 atom stereocenters. The zero-order valence-corrected chi connectivity index (χ0v) is 13.2. The van der Waals surface area contributed by atoms with Gasteiger partial charge in [0.25, 0.3) is 5.91 Å². The van der Waals surface area contributed by atoms with E-state index in [1.165, 1.54) is 0 Å². The molecule has 3 rings (SSSR count). The monoisotopic (exact) mass is 329 g/mol. The van der Waals surface area contributed by atoms with Gasteiger partial charge in [-0.2, -0.15) is 5.10 Å². The van der Waals surface area contributed by atoms with Crippen LogP contribution in [-0.2, 0) is 9.53 Å². The second-order valence-corrected chi connectivity index (χ2v) is 5.98. The number of benzene rings is 1. The number of carbonyl (C=O) groups is 2. The molecule has 1 unspecified atom stereocenters. The minimum absolute atomic E-state index is 0.118. The van der Waals surface area contributed by atoms with Gasteiger partial charge in [-0.05, 0) is 24.4 Å². The molecule has 0 saturated carbocycles. The van der Waals surface area contributed by atoms with Gasteiger partial charge in [-0.25, -0.2) is 4.79 Å². The Morgan fingerprint density at radius 3 is 2.91 bits per heavy atom. The van der Waals surface area contributed by atoms with Crippen molar-refractivity contribution in [1.82, 2.24) is 15.5 Å². The highest BCUT2D eigenvalue weighted by molar-refractivity contribution is 7.10. The molecule has 3 aromatic rings. The normalized spacial score (nSPS) is 12.0. The van der Waals surface area contributed by atoms with E-state index in [2.05, 4.69) is 15.5 Å². The number of ether oxygens (including phenoxy) is 1. The first-order valence-corrected chi connectivity index (χ1v) is 7.96. The number of aromatic nitrogens is 2. The first kappa shape index (κ1) is 15.2. The van der Waals surface area contributed by atoms with Crippen LogP contribution in [0.15, 0.2) is 41.8 Å². The lowest BCUT2D eigenvalue weighted by atomic mass is 10.2. The molecule has 0 aliphatic rings. The second-order valence-electron chi connectivity index (χ2n) is 5.00. The van der Waals surface area contributed by atoms with Gasteiger partial charge < -0.3 is 10.1 Å². The highest BCUT2D eigenvalue weighted by Crippen LogP contribution is 2.18. The number of nitrogens with zero attached hydrogens (tertiary/aromatic N) is 1. The summed E-state index contributed by atoms with van der Waals surface area (Å²) in [4.78, 5) is 25.0. The molecule has 23 heavy (non-hydrogen) atoms. The molecule has 0 spiro atoms. The van der Waals surface area contributed by atoms with Crippen LogP contribution in [0.3, 0.4) is 0 Å². The summed E-state index contributed by atoms with van der Waals surface area (Å²) in [6, 6.07) is 11.0. The van der Waals surface area contributed by atoms with E-state index in [-0.39, 0.29) is 24.2 Å². The largest absolute Gasteiger partial charge is 0.451 e. The number of fused-ring (bicyclic) bond motifs is 1. The van der Waals surface area contributed by atoms with Crippen molar-refractivity contribution in [2.45, 2.75) is 13.0 Å². The summed E-state index contributed by atoms with van der Waals surface area (Å²) in [5.74, 6) is -0.972. The summed E-state index contributed by atoms with van der Waals surface area (Å²) in [6.07, 6.45) is 0. The smallest absolute Gasteiger partial charge is 0.359 e. The molecule has 0 aliphatic heterocycles. The van der Waals surface area contributed by atoms with E-state index in [0.717, 1.165) is 10.4 Å². The van der Waals surface area contributed by atoms with Gasteiger partial charge in [0, 0.05) is 10.3 Å². The Hall–Kier alpha value is -2.67. The van der Waals surface area contributed by atoms with E-state index in [4.69, 9.17) is 4.74 Å². The number of carbonyl (C=O) groups excluding carboxylic acids is 2. The summed E-state index contributed by atoms with van der Waals surface area (Å²) in [7, 11) is 0. The summed E-state index contributed by atoms with van der Waals surface area (Å²) >= 11 is 1.56. The molecule has 1 amide bonds. The van der Waals surface area contributed by atoms with Gasteiger partial charge in [0.2, 0.25) is 0 Å². The predicted molar refractivity (Wildman–Crippen MR) is 87.3 cm³/mol. The maximum Gasteiger partial charge on any atom is 0.359 e. The van der Waals surface area contributed by atoms with Crippen molar-refractivity contribution in [3.05, 3.63) is 52.3 Å². The van der Waals surface area contributed by atoms with E-state index in [1.807, 2.05) is 42.6 Å². The van der Waals surface area contributed by atoms with Crippen LogP contribution in [0, 0.1) is 0 Å². The SMILES string of the molecule is CC(NC(=O)COC(=O)c1n[nH]c2ccccc12)c1cccs1. The highest BCUT2D eigenvalue weighted by Gasteiger charge is 2.17. The van der Waals surface area contributed by atoms with Gasteiger partial charge in [-0.15, -0.1) is 11.3 Å². The Bertz CT molecular complexity index is 826. The Labute approximate surface area is 136 Å². The van der Waals surface area contributed by atoms with Gasteiger partial charge in [0.1, 0.15) is 0 Å². The van der Waals surface area contributed by atoms with E-state index in [1.54, 1.807) is 17.4 Å².